The van der Waals surface area contributed by atoms with Gasteiger partial charge in [0.1, 0.15) is 0 Å². The van der Waals surface area contributed by atoms with Gasteiger partial charge in [-0.3, -0.25) is 0 Å². The highest BCUT2D eigenvalue weighted by molar-refractivity contribution is 7.99. The standard InChI is InChI=1S/C14H19Cl2NS/c1-18-13-3-2-7-17(8-6-13)14-5-4-12(16)9-11(14)10-15/h4-5,9,13H,2-3,6-8,10H2,1H3. The van der Waals surface area contributed by atoms with E-state index in [0.717, 1.165) is 28.9 Å². The number of anilines is 1. The van der Waals surface area contributed by atoms with Crippen LogP contribution in [0.5, 0.6) is 0 Å². The number of alkyl halides is 1. The van der Waals surface area contributed by atoms with Crippen LogP contribution in [0.2, 0.25) is 5.02 Å². The van der Waals surface area contributed by atoms with Crippen LogP contribution in [0.4, 0.5) is 5.69 Å². The van der Waals surface area contributed by atoms with Gasteiger partial charge in [0.25, 0.3) is 0 Å². The van der Waals surface area contributed by atoms with E-state index in [1.807, 2.05) is 23.9 Å². The molecular weight excluding hydrogens is 285 g/mol. The summed E-state index contributed by atoms with van der Waals surface area (Å²) in [6.07, 6.45) is 6.05. The van der Waals surface area contributed by atoms with Crippen LogP contribution in [0.1, 0.15) is 24.8 Å². The third kappa shape index (κ3) is 3.49. The van der Waals surface area contributed by atoms with Gasteiger partial charge in [-0.05, 0) is 49.3 Å². The van der Waals surface area contributed by atoms with Crippen molar-refractivity contribution < 1.29 is 0 Å². The summed E-state index contributed by atoms with van der Waals surface area (Å²) < 4.78 is 0. The minimum Gasteiger partial charge on any atom is -0.371 e. The van der Waals surface area contributed by atoms with Crippen LogP contribution in [-0.4, -0.2) is 24.6 Å². The van der Waals surface area contributed by atoms with Crippen LogP contribution in [-0.2, 0) is 5.88 Å². The molecule has 1 aromatic rings. The largest absolute Gasteiger partial charge is 0.371 e. The summed E-state index contributed by atoms with van der Waals surface area (Å²) >= 11 is 14.1. The van der Waals surface area contributed by atoms with Gasteiger partial charge in [0.05, 0.1) is 0 Å². The first kappa shape index (κ1) is 14.4. The molecule has 0 saturated carbocycles. The molecule has 18 heavy (non-hydrogen) atoms. The quantitative estimate of drug-likeness (QED) is 0.738. The first-order chi connectivity index (χ1) is 8.74. The Morgan fingerprint density at radius 1 is 1.33 bits per heavy atom. The number of halogens is 2. The number of rotatable bonds is 3. The van der Waals surface area contributed by atoms with Gasteiger partial charge >= 0.3 is 0 Å². The van der Waals surface area contributed by atoms with Crippen LogP contribution >= 0.6 is 35.0 Å². The van der Waals surface area contributed by atoms with E-state index in [1.165, 1.54) is 24.9 Å². The maximum absolute atomic E-state index is 6.03. The molecule has 1 nitrogen and oxygen atoms in total. The maximum atomic E-state index is 6.03. The highest BCUT2D eigenvalue weighted by Gasteiger charge is 2.18. The van der Waals surface area contributed by atoms with Crippen molar-refractivity contribution in [3.05, 3.63) is 28.8 Å². The molecule has 0 amide bonds. The van der Waals surface area contributed by atoms with Crippen LogP contribution in [0.25, 0.3) is 0 Å². The molecule has 0 spiro atoms. The highest BCUT2D eigenvalue weighted by atomic mass is 35.5. The van der Waals surface area contributed by atoms with E-state index in [0.29, 0.717) is 5.88 Å². The van der Waals surface area contributed by atoms with E-state index in [4.69, 9.17) is 23.2 Å². The van der Waals surface area contributed by atoms with Crippen molar-refractivity contribution in [1.29, 1.82) is 0 Å². The molecule has 0 bridgehead atoms. The summed E-state index contributed by atoms with van der Waals surface area (Å²) in [5.41, 5.74) is 2.41. The zero-order valence-corrected chi connectivity index (χ0v) is 13.0. The lowest BCUT2D eigenvalue weighted by molar-refractivity contribution is 0.745. The van der Waals surface area contributed by atoms with E-state index >= 15 is 0 Å². The van der Waals surface area contributed by atoms with Crippen molar-refractivity contribution in [2.75, 3.05) is 24.2 Å². The average molecular weight is 304 g/mol. The number of hydrogen-bond donors (Lipinski definition) is 0. The van der Waals surface area contributed by atoms with Crippen molar-refractivity contribution in [3.8, 4) is 0 Å². The summed E-state index contributed by atoms with van der Waals surface area (Å²) in [4.78, 5) is 2.46. The average Bonchev–Trinajstić information content (AvgIpc) is 2.63. The van der Waals surface area contributed by atoms with Crippen molar-refractivity contribution in [2.45, 2.75) is 30.4 Å². The number of benzene rings is 1. The lowest BCUT2D eigenvalue weighted by Gasteiger charge is -2.25. The second-order valence-corrected chi connectivity index (χ2v) is 6.52. The Morgan fingerprint density at radius 2 is 2.17 bits per heavy atom. The molecule has 1 aromatic carbocycles. The second kappa shape index (κ2) is 6.93. The zero-order valence-electron chi connectivity index (χ0n) is 10.7. The molecule has 1 fully saturated rings. The lowest BCUT2D eigenvalue weighted by Crippen LogP contribution is -2.25. The predicted octanol–water partition coefficient (Wildman–Crippen LogP) is 4.80. The van der Waals surface area contributed by atoms with Gasteiger partial charge in [-0.1, -0.05) is 11.6 Å². The van der Waals surface area contributed by atoms with Crippen LogP contribution in [0.15, 0.2) is 18.2 Å². The van der Waals surface area contributed by atoms with Crippen molar-refractivity contribution in [3.63, 3.8) is 0 Å². The minimum absolute atomic E-state index is 0.526. The number of thioether (sulfide) groups is 1. The summed E-state index contributed by atoms with van der Waals surface area (Å²) in [6.45, 7) is 2.25. The third-order valence-electron chi connectivity index (χ3n) is 3.53. The van der Waals surface area contributed by atoms with Crippen LogP contribution < -0.4 is 4.90 Å². The number of nitrogens with zero attached hydrogens (tertiary/aromatic N) is 1. The Bertz CT molecular complexity index is 397. The fourth-order valence-corrected chi connectivity index (χ4v) is 3.66. The smallest absolute Gasteiger partial charge is 0.0495 e. The van der Waals surface area contributed by atoms with Gasteiger partial charge in [-0.2, -0.15) is 11.8 Å². The first-order valence-corrected chi connectivity index (χ1v) is 8.56. The van der Waals surface area contributed by atoms with E-state index in [2.05, 4.69) is 17.2 Å². The molecule has 100 valence electrons. The van der Waals surface area contributed by atoms with Gasteiger partial charge in [0, 0.05) is 34.9 Å². The highest BCUT2D eigenvalue weighted by Crippen LogP contribution is 2.29. The Kier molecular flexibility index (Phi) is 5.53. The molecule has 0 aromatic heterocycles. The molecular formula is C14H19Cl2NS. The van der Waals surface area contributed by atoms with Crippen LogP contribution in [0, 0.1) is 0 Å². The molecule has 0 N–H and O–H groups in total. The van der Waals surface area contributed by atoms with Crippen LogP contribution in [0.3, 0.4) is 0 Å². The SMILES string of the molecule is CSC1CCCN(c2ccc(Cl)cc2CCl)CC1. The van der Waals surface area contributed by atoms with Gasteiger partial charge in [0.2, 0.25) is 0 Å². The Morgan fingerprint density at radius 3 is 2.89 bits per heavy atom. The molecule has 1 saturated heterocycles. The molecule has 1 unspecified atom stereocenters. The molecule has 0 aliphatic carbocycles. The fourth-order valence-electron chi connectivity index (χ4n) is 2.51. The first-order valence-electron chi connectivity index (χ1n) is 6.36. The van der Waals surface area contributed by atoms with Gasteiger partial charge in [-0.15, -0.1) is 11.6 Å². The fraction of sp³-hybridized carbons (Fsp3) is 0.571. The Hall–Kier alpha value is -0.0500. The molecule has 0 radical (unpaired) electrons. The molecule has 1 aliphatic heterocycles. The lowest BCUT2D eigenvalue weighted by atomic mass is 10.1. The summed E-state index contributed by atoms with van der Waals surface area (Å²) in [7, 11) is 0. The molecule has 1 heterocycles. The van der Waals surface area contributed by atoms with Crippen molar-refractivity contribution in [1.82, 2.24) is 0 Å². The second-order valence-electron chi connectivity index (χ2n) is 4.68. The minimum atomic E-state index is 0.526. The van der Waals surface area contributed by atoms with Crippen molar-refractivity contribution >= 4 is 40.7 Å². The van der Waals surface area contributed by atoms with E-state index in [9.17, 15) is 0 Å². The van der Waals surface area contributed by atoms with E-state index in [1.54, 1.807) is 0 Å². The molecule has 1 atom stereocenters. The van der Waals surface area contributed by atoms with Gasteiger partial charge in [0.15, 0.2) is 0 Å². The molecule has 4 heteroatoms. The normalized spacial score (nSPS) is 20.8. The molecule has 2 rings (SSSR count). The van der Waals surface area contributed by atoms with Crippen molar-refractivity contribution in [2.24, 2.45) is 0 Å². The maximum Gasteiger partial charge on any atom is 0.0495 e. The monoisotopic (exact) mass is 303 g/mol. The Labute approximate surface area is 124 Å². The Balaban J connectivity index is 2.15. The number of hydrogen-bond acceptors (Lipinski definition) is 2. The predicted molar refractivity (Wildman–Crippen MR) is 84.4 cm³/mol. The summed E-state index contributed by atoms with van der Waals surface area (Å²) in [5.74, 6) is 0.526. The molecule has 1 aliphatic rings. The van der Waals surface area contributed by atoms with E-state index in [-0.39, 0.29) is 0 Å². The summed E-state index contributed by atoms with van der Waals surface area (Å²) in [5, 5.41) is 1.58. The zero-order chi connectivity index (χ0) is 13.0. The van der Waals surface area contributed by atoms with E-state index < -0.39 is 0 Å². The van der Waals surface area contributed by atoms with Gasteiger partial charge in [-0.25, -0.2) is 0 Å². The summed E-state index contributed by atoms with van der Waals surface area (Å²) in [6, 6.07) is 6.06. The van der Waals surface area contributed by atoms with Gasteiger partial charge < -0.3 is 4.90 Å². The third-order valence-corrected chi connectivity index (χ3v) is 5.20. The topological polar surface area (TPSA) is 3.24 Å².